The van der Waals surface area contributed by atoms with Gasteiger partial charge in [-0.25, -0.2) is 0 Å². The number of aromatic nitrogens is 1. The summed E-state index contributed by atoms with van der Waals surface area (Å²) in [5.41, 5.74) is 0.514. The van der Waals surface area contributed by atoms with Crippen molar-refractivity contribution in [2.45, 2.75) is 19.6 Å². The van der Waals surface area contributed by atoms with Crippen molar-refractivity contribution in [2.24, 2.45) is 0 Å². The predicted molar refractivity (Wildman–Crippen MR) is 66.7 cm³/mol. The molecule has 2 nitrogen and oxygen atoms in total. The summed E-state index contributed by atoms with van der Waals surface area (Å²) in [7, 11) is 0. The zero-order valence-corrected chi connectivity index (χ0v) is 10.4. The highest BCUT2D eigenvalue weighted by Crippen LogP contribution is 2.37. The number of aryl methyl sites for hydroxylation is 1. The topological polar surface area (TPSA) is 25.2 Å². The Bertz CT molecular complexity index is 572. The van der Waals surface area contributed by atoms with Gasteiger partial charge in [0.05, 0.1) is 12.2 Å². The Morgan fingerprint density at radius 1 is 1.21 bits per heavy atom. The van der Waals surface area contributed by atoms with Crippen LogP contribution in [0.3, 0.4) is 0 Å². The normalized spacial score (nSPS) is 11.8. The number of benzene rings is 1. The summed E-state index contributed by atoms with van der Waals surface area (Å²) in [4.78, 5) is 0. The molecule has 0 aliphatic rings. The van der Waals surface area contributed by atoms with Gasteiger partial charge in [0.25, 0.3) is 0 Å². The van der Waals surface area contributed by atoms with Crippen LogP contribution in [0.5, 0.6) is 0 Å². The van der Waals surface area contributed by atoms with Crippen LogP contribution in [-0.4, -0.2) is 16.3 Å². The monoisotopic (exact) mass is 269 g/mol. The van der Waals surface area contributed by atoms with Gasteiger partial charge in [-0.2, -0.15) is 13.2 Å². The summed E-state index contributed by atoms with van der Waals surface area (Å²) in [6, 6.07) is 7.56. The Labute approximate surface area is 109 Å². The van der Waals surface area contributed by atoms with E-state index in [9.17, 15) is 13.2 Å². The third-order valence-electron chi connectivity index (χ3n) is 2.93. The minimum absolute atomic E-state index is 0.116. The Kier molecular flexibility index (Phi) is 3.66. The van der Waals surface area contributed by atoms with Gasteiger partial charge in [0.15, 0.2) is 0 Å². The summed E-state index contributed by atoms with van der Waals surface area (Å²) >= 11 is 0. The number of halogens is 3. The first-order valence-electron chi connectivity index (χ1n) is 5.87. The number of aliphatic hydroxyl groups is 1. The van der Waals surface area contributed by atoms with E-state index >= 15 is 0 Å². The average molecular weight is 269 g/mol. The quantitative estimate of drug-likeness (QED) is 0.906. The van der Waals surface area contributed by atoms with E-state index in [1.54, 1.807) is 35.9 Å². The number of rotatable bonds is 3. The molecule has 5 heteroatoms. The van der Waals surface area contributed by atoms with Gasteiger partial charge in [-0.05, 0) is 25.1 Å². The maximum Gasteiger partial charge on any atom is 0.417 e. The SMILES string of the molecule is Cc1ccc(-c2cccn2CCO)c(C(F)(F)F)c1. The van der Waals surface area contributed by atoms with Crippen LogP contribution >= 0.6 is 0 Å². The van der Waals surface area contributed by atoms with E-state index in [2.05, 4.69) is 0 Å². The van der Waals surface area contributed by atoms with Gasteiger partial charge in [-0.1, -0.05) is 17.7 Å². The van der Waals surface area contributed by atoms with E-state index in [0.717, 1.165) is 6.07 Å². The summed E-state index contributed by atoms with van der Waals surface area (Å²) < 4.78 is 40.8. The molecule has 19 heavy (non-hydrogen) atoms. The molecule has 0 aliphatic heterocycles. The van der Waals surface area contributed by atoms with Gasteiger partial charge in [-0.3, -0.25) is 0 Å². The van der Waals surface area contributed by atoms with Crippen LogP contribution in [0.4, 0.5) is 13.2 Å². The van der Waals surface area contributed by atoms with E-state index in [1.165, 1.54) is 6.07 Å². The Hall–Kier alpha value is -1.75. The molecule has 2 aromatic rings. The molecule has 1 heterocycles. The molecule has 102 valence electrons. The molecule has 0 amide bonds. The molecule has 0 bridgehead atoms. The molecule has 2 rings (SSSR count). The lowest BCUT2D eigenvalue weighted by Gasteiger charge is -2.15. The first kappa shape index (κ1) is 13.7. The second-order valence-corrected chi connectivity index (χ2v) is 4.36. The number of alkyl halides is 3. The van der Waals surface area contributed by atoms with Gasteiger partial charge in [0.2, 0.25) is 0 Å². The zero-order valence-electron chi connectivity index (χ0n) is 10.4. The van der Waals surface area contributed by atoms with E-state index < -0.39 is 11.7 Å². The van der Waals surface area contributed by atoms with Crippen molar-refractivity contribution in [2.75, 3.05) is 6.61 Å². The number of hydrogen-bond donors (Lipinski definition) is 1. The number of hydrogen-bond acceptors (Lipinski definition) is 1. The summed E-state index contributed by atoms with van der Waals surface area (Å²) in [5.74, 6) is 0. The second kappa shape index (κ2) is 5.09. The lowest BCUT2D eigenvalue weighted by atomic mass is 10.0. The minimum atomic E-state index is -4.39. The smallest absolute Gasteiger partial charge is 0.395 e. The van der Waals surface area contributed by atoms with Crippen molar-refractivity contribution < 1.29 is 18.3 Å². The molecular weight excluding hydrogens is 255 g/mol. The fourth-order valence-electron chi connectivity index (χ4n) is 2.08. The van der Waals surface area contributed by atoms with Gasteiger partial charge >= 0.3 is 6.18 Å². The fraction of sp³-hybridized carbons (Fsp3) is 0.286. The van der Waals surface area contributed by atoms with Crippen LogP contribution in [-0.2, 0) is 12.7 Å². The molecule has 0 atom stereocenters. The van der Waals surface area contributed by atoms with E-state index in [4.69, 9.17) is 5.11 Å². The van der Waals surface area contributed by atoms with Crippen LogP contribution in [0.25, 0.3) is 11.3 Å². The summed E-state index contributed by atoms with van der Waals surface area (Å²) in [6.45, 7) is 1.79. The Balaban J connectivity index is 2.58. The standard InChI is InChI=1S/C14H14F3NO/c1-10-4-5-11(12(9-10)14(15,16)17)13-3-2-6-18(13)7-8-19/h2-6,9,19H,7-8H2,1H3. The molecular formula is C14H14F3NO. The number of aliphatic hydroxyl groups excluding tert-OH is 1. The van der Waals surface area contributed by atoms with E-state index in [0.29, 0.717) is 11.3 Å². The molecule has 0 saturated carbocycles. The molecule has 0 fully saturated rings. The maximum atomic E-state index is 13.1. The highest BCUT2D eigenvalue weighted by atomic mass is 19.4. The molecule has 0 aliphatic carbocycles. The van der Waals surface area contributed by atoms with Gasteiger partial charge in [-0.15, -0.1) is 0 Å². The van der Waals surface area contributed by atoms with Crippen LogP contribution in [0.1, 0.15) is 11.1 Å². The summed E-state index contributed by atoms with van der Waals surface area (Å²) in [5, 5.41) is 8.94. The second-order valence-electron chi connectivity index (χ2n) is 4.36. The lowest BCUT2D eigenvalue weighted by molar-refractivity contribution is -0.137. The molecule has 1 aromatic heterocycles. The maximum absolute atomic E-state index is 13.1. The van der Waals surface area contributed by atoms with Crippen LogP contribution in [0, 0.1) is 6.92 Å². The fourth-order valence-corrected chi connectivity index (χ4v) is 2.08. The minimum Gasteiger partial charge on any atom is -0.395 e. The largest absolute Gasteiger partial charge is 0.417 e. The first-order chi connectivity index (χ1) is 8.93. The zero-order chi connectivity index (χ0) is 14.0. The third kappa shape index (κ3) is 2.81. The molecule has 1 aromatic carbocycles. The first-order valence-corrected chi connectivity index (χ1v) is 5.87. The molecule has 0 radical (unpaired) electrons. The van der Waals surface area contributed by atoms with Crippen molar-refractivity contribution in [1.29, 1.82) is 0 Å². The van der Waals surface area contributed by atoms with Gasteiger partial charge in [0, 0.05) is 24.0 Å². The Morgan fingerprint density at radius 2 is 1.95 bits per heavy atom. The highest BCUT2D eigenvalue weighted by molar-refractivity contribution is 5.66. The Morgan fingerprint density at radius 3 is 2.58 bits per heavy atom. The lowest BCUT2D eigenvalue weighted by Crippen LogP contribution is -2.10. The van der Waals surface area contributed by atoms with Crippen molar-refractivity contribution in [3.05, 3.63) is 47.7 Å². The van der Waals surface area contributed by atoms with E-state index in [1.807, 2.05) is 0 Å². The highest BCUT2D eigenvalue weighted by Gasteiger charge is 2.34. The van der Waals surface area contributed by atoms with Crippen molar-refractivity contribution >= 4 is 0 Å². The molecule has 0 spiro atoms. The van der Waals surface area contributed by atoms with Crippen molar-refractivity contribution in [3.8, 4) is 11.3 Å². The van der Waals surface area contributed by atoms with Crippen LogP contribution in [0.15, 0.2) is 36.5 Å². The van der Waals surface area contributed by atoms with Gasteiger partial charge < -0.3 is 9.67 Å². The van der Waals surface area contributed by atoms with E-state index in [-0.39, 0.29) is 18.7 Å². The van der Waals surface area contributed by atoms with Crippen molar-refractivity contribution in [3.63, 3.8) is 0 Å². The van der Waals surface area contributed by atoms with Crippen molar-refractivity contribution in [1.82, 2.24) is 4.57 Å². The summed E-state index contributed by atoms with van der Waals surface area (Å²) in [6.07, 6.45) is -2.73. The third-order valence-corrected chi connectivity index (χ3v) is 2.93. The molecule has 0 unspecified atom stereocenters. The van der Waals surface area contributed by atoms with Crippen LogP contribution in [0.2, 0.25) is 0 Å². The average Bonchev–Trinajstić information content (AvgIpc) is 2.76. The van der Waals surface area contributed by atoms with Gasteiger partial charge in [0.1, 0.15) is 0 Å². The molecule has 0 saturated heterocycles. The number of nitrogens with zero attached hydrogens (tertiary/aromatic N) is 1. The molecule has 1 N–H and O–H groups in total. The predicted octanol–water partition coefficient (Wildman–Crippen LogP) is 3.47. The van der Waals surface area contributed by atoms with Crippen LogP contribution < -0.4 is 0 Å².